The van der Waals surface area contributed by atoms with Gasteiger partial charge in [-0.25, -0.2) is 0 Å². The number of amides is 1. The maximum absolute atomic E-state index is 12.0. The van der Waals surface area contributed by atoms with Crippen molar-refractivity contribution in [1.29, 1.82) is 0 Å². The lowest BCUT2D eigenvalue weighted by Gasteiger charge is -2.33. The van der Waals surface area contributed by atoms with Gasteiger partial charge in [-0.2, -0.15) is 0 Å². The Morgan fingerprint density at radius 3 is 2.75 bits per heavy atom. The predicted octanol–water partition coefficient (Wildman–Crippen LogP) is 3.29. The van der Waals surface area contributed by atoms with Crippen molar-refractivity contribution in [2.45, 2.75) is 32.7 Å². The molecule has 2 nitrogen and oxygen atoms in total. The zero-order valence-corrected chi connectivity index (χ0v) is 11.2. The van der Waals surface area contributed by atoms with E-state index in [1.807, 2.05) is 25.1 Å². The van der Waals surface area contributed by atoms with Crippen LogP contribution in [0.2, 0.25) is 0 Å². The van der Waals surface area contributed by atoms with Crippen molar-refractivity contribution in [3.05, 3.63) is 33.8 Å². The average Bonchev–Trinajstić information content (AvgIpc) is 2.19. The molecule has 1 saturated carbocycles. The molecule has 1 N–H and O–H groups in total. The SMILES string of the molecule is Cc1ccc(Br)cc1C(=O)NC1CC(C)C1. The Morgan fingerprint density at radius 1 is 1.44 bits per heavy atom. The fourth-order valence-corrected chi connectivity index (χ4v) is 2.48. The smallest absolute Gasteiger partial charge is 0.251 e. The molecule has 0 heterocycles. The van der Waals surface area contributed by atoms with Gasteiger partial charge in [0.25, 0.3) is 5.91 Å². The van der Waals surface area contributed by atoms with Crippen molar-refractivity contribution >= 4 is 21.8 Å². The molecule has 1 aliphatic carbocycles. The second-order valence-corrected chi connectivity index (χ2v) is 5.62. The second kappa shape index (κ2) is 4.58. The summed E-state index contributed by atoms with van der Waals surface area (Å²) in [7, 11) is 0. The zero-order chi connectivity index (χ0) is 11.7. The molecule has 0 spiro atoms. The third kappa shape index (κ3) is 2.46. The number of rotatable bonds is 2. The monoisotopic (exact) mass is 281 g/mol. The number of hydrogen-bond donors (Lipinski definition) is 1. The van der Waals surface area contributed by atoms with Crippen LogP contribution >= 0.6 is 15.9 Å². The van der Waals surface area contributed by atoms with Crippen LogP contribution in [0, 0.1) is 12.8 Å². The third-order valence-electron chi connectivity index (χ3n) is 3.15. The lowest BCUT2D eigenvalue weighted by atomic mass is 9.82. The first-order valence-electron chi connectivity index (χ1n) is 5.63. The quantitative estimate of drug-likeness (QED) is 0.886. The van der Waals surface area contributed by atoms with Gasteiger partial charge in [0.15, 0.2) is 0 Å². The Balaban J connectivity index is 2.05. The van der Waals surface area contributed by atoms with Crippen LogP contribution in [0.5, 0.6) is 0 Å². The first kappa shape index (κ1) is 11.6. The molecule has 1 aromatic rings. The minimum absolute atomic E-state index is 0.0516. The van der Waals surface area contributed by atoms with Crippen LogP contribution in [0.1, 0.15) is 35.7 Å². The fourth-order valence-electron chi connectivity index (χ4n) is 2.12. The molecule has 16 heavy (non-hydrogen) atoms. The van der Waals surface area contributed by atoms with E-state index in [0.717, 1.165) is 34.4 Å². The molecule has 0 saturated heterocycles. The molecule has 2 rings (SSSR count). The minimum Gasteiger partial charge on any atom is -0.349 e. The van der Waals surface area contributed by atoms with E-state index in [1.54, 1.807) is 0 Å². The van der Waals surface area contributed by atoms with Crippen molar-refractivity contribution in [3.8, 4) is 0 Å². The van der Waals surface area contributed by atoms with Crippen molar-refractivity contribution in [3.63, 3.8) is 0 Å². The Labute approximate surface area is 105 Å². The molecular formula is C13H16BrNO. The highest BCUT2D eigenvalue weighted by atomic mass is 79.9. The molecule has 1 fully saturated rings. The zero-order valence-electron chi connectivity index (χ0n) is 9.59. The van der Waals surface area contributed by atoms with E-state index in [4.69, 9.17) is 0 Å². The summed E-state index contributed by atoms with van der Waals surface area (Å²) in [5.41, 5.74) is 1.79. The van der Waals surface area contributed by atoms with Gasteiger partial charge < -0.3 is 5.32 Å². The Kier molecular flexibility index (Phi) is 3.33. The van der Waals surface area contributed by atoms with Gasteiger partial charge in [-0.1, -0.05) is 28.9 Å². The van der Waals surface area contributed by atoms with Crippen LogP contribution in [-0.4, -0.2) is 11.9 Å². The fraction of sp³-hybridized carbons (Fsp3) is 0.462. The number of nitrogens with one attached hydrogen (secondary N) is 1. The minimum atomic E-state index is 0.0516. The number of hydrogen-bond acceptors (Lipinski definition) is 1. The maximum Gasteiger partial charge on any atom is 0.251 e. The highest BCUT2D eigenvalue weighted by Crippen LogP contribution is 2.27. The number of carbonyl (C=O) groups excluding carboxylic acids is 1. The van der Waals surface area contributed by atoms with E-state index in [9.17, 15) is 4.79 Å². The number of carbonyl (C=O) groups is 1. The molecule has 0 aliphatic heterocycles. The molecular weight excluding hydrogens is 266 g/mol. The van der Waals surface area contributed by atoms with Crippen LogP contribution in [0.3, 0.4) is 0 Å². The molecule has 0 atom stereocenters. The molecule has 0 bridgehead atoms. The van der Waals surface area contributed by atoms with Gasteiger partial charge in [0.1, 0.15) is 0 Å². The summed E-state index contributed by atoms with van der Waals surface area (Å²) in [6, 6.07) is 6.17. The molecule has 1 aliphatic rings. The molecule has 3 heteroatoms. The van der Waals surface area contributed by atoms with Crippen molar-refractivity contribution < 1.29 is 4.79 Å². The normalized spacial score (nSPS) is 23.7. The maximum atomic E-state index is 12.0. The van der Waals surface area contributed by atoms with E-state index in [0.29, 0.717) is 6.04 Å². The molecule has 0 radical (unpaired) electrons. The van der Waals surface area contributed by atoms with E-state index in [-0.39, 0.29) is 5.91 Å². The van der Waals surface area contributed by atoms with Crippen LogP contribution in [0.25, 0.3) is 0 Å². The van der Waals surface area contributed by atoms with Gasteiger partial charge in [0.2, 0.25) is 0 Å². The van der Waals surface area contributed by atoms with Gasteiger partial charge in [-0.15, -0.1) is 0 Å². The van der Waals surface area contributed by atoms with Gasteiger partial charge in [0.05, 0.1) is 0 Å². The summed E-state index contributed by atoms with van der Waals surface area (Å²) in [5, 5.41) is 3.07. The Hall–Kier alpha value is -0.830. The standard InChI is InChI=1S/C13H16BrNO/c1-8-5-11(6-8)15-13(16)12-7-10(14)4-3-9(12)2/h3-4,7-8,11H,5-6H2,1-2H3,(H,15,16). The number of benzene rings is 1. The first-order valence-corrected chi connectivity index (χ1v) is 6.42. The van der Waals surface area contributed by atoms with Crippen LogP contribution in [0.4, 0.5) is 0 Å². The topological polar surface area (TPSA) is 29.1 Å². The lowest BCUT2D eigenvalue weighted by Crippen LogP contribution is -2.43. The first-order chi connectivity index (χ1) is 7.56. The van der Waals surface area contributed by atoms with Gasteiger partial charge >= 0.3 is 0 Å². The summed E-state index contributed by atoms with van der Waals surface area (Å²) in [4.78, 5) is 12.0. The Bertz CT molecular complexity index is 410. The van der Waals surface area contributed by atoms with Gasteiger partial charge in [0, 0.05) is 16.1 Å². The van der Waals surface area contributed by atoms with Crippen LogP contribution in [0.15, 0.2) is 22.7 Å². The Morgan fingerprint density at radius 2 is 2.12 bits per heavy atom. The number of aryl methyl sites for hydroxylation is 1. The predicted molar refractivity (Wildman–Crippen MR) is 68.5 cm³/mol. The molecule has 0 aromatic heterocycles. The van der Waals surface area contributed by atoms with Crippen LogP contribution in [-0.2, 0) is 0 Å². The van der Waals surface area contributed by atoms with E-state index < -0.39 is 0 Å². The lowest BCUT2D eigenvalue weighted by molar-refractivity contribution is 0.0895. The van der Waals surface area contributed by atoms with Crippen LogP contribution < -0.4 is 5.32 Å². The summed E-state index contributed by atoms with van der Waals surface area (Å²) in [6.07, 6.45) is 2.22. The molecule has 1 amide bonds. The average molecular weight is 282 g/mol. The molecule has 0 unspecified atom stereocenters. The van der Waals surface area contributed by atoms with Gasteiger partial charge in [-0.3, -0.25) is 4.79 Å². The summed E-state index contributed by atoms with van der Waals surface area (Å²) in [6.45, 7) is 4.18. The van der Waals surface area contributed by atoms with Crippen molar-refractivity contribution in [2.75, 3.05) is 0 Å². The molecule has 86 valence electrons. The number of halogens is 1. The molecule has 1 aromatic carbocycles. The highest BCUT2D eigenvalue weighted by Gasteiger charge is 2.27. The van der Waals surface area contributed by atoms with Gasteiger partial charge in [-0.05, 0) is 43.4 Å². The van der Waals surface area contributed by atoms with Crippen molar-refractivity contribution in [1.82, 2.24) is 5.32 Å². The summed E-state index contributed by atoms with van der Waals surface area (Å²) < 4.78 is 0.949. The highest BCUT2D eigenvalue weighted by molar-refractivity contribution is 9.10. The van der Waals surface area contributed by atoms with E-state index >= 15 is 0 Å². The largest absolute Gasteiger partial charge is 0.349 e. The second-order valence-electron chi connectivity index (χ2n) is 4.71. The van der Waals surface area contributed by atoms with E-state index in [1.165, 1.54) is 0 Å². The summed E-state index contributed by atoms with van der Waals surface area (Å²) >= 11 is 3.39. The van der Waals surface area contributed by atoms with E-state index in [2.05, 4.69) is 28.2 Å². The summed E-state index contributed by atoms with van der Waals surface area (Å²) in [5.74, 6) is 0.810. The third-order valence-corrected chi connectivity index (χ3v) is 3.65. The van der Waals surface area contributed by atoms with Crippen molar-refractivity contribution in [2.24, 2.45) is 5.92 Å².